The standard InChI is InChI=1S/C10H17N3O/c1-9(2)12-4-3-7-14-10-8-11-5-6-13-10/h5-6,8-9,12H,3-4,7H2,1-2H3. The number of hydrogen-bond acceptors (Lipinski definition) is 4. The second kappa shape index (κ2) is 6.32. The van der Waals surface area contributed by atoms with Crippen LogP contribution in [0.15, 0.2) is 18.6 Å². The Morgan fingerprint density at radius 2 is 2.29 bits per heavy atom. The summed E-state index contributed by atoms with van der Waals surface area (Å²) in [5.74, 6) is 0.594. The third-order valence-corrected chi connectivity index (χ3v) is 1.66. The highest BCUT2D eigenvalue weighted by molar-refractivity contribution is 5.00. The van der Waals surface area contributed by atoms with Gasteiger partial charge in [0.05, 0.1) is 12.8 Å². The second-order valence-corrected chi connectivity index (χ2v) is 3.35. The van der Waals surface area contributed by atoms with Gasteiger partial charge in [0.2, 0.25) is 5.88 Å². The first kappa shape index (κ1) is 10.9. The van der Waals surface area contributed by atoms with Crippen LogP contribution >= 0.6 is 0 Å². The molecule has 0 aromatic carbocycles. The molecule has 0 bridgehead atoms. The summed E-state index contributed by atoms with van der Waals surface area (Å²) in [7, 11) is 0. The first-order chi connectivity index (χ1) is 6.79. The van der Waals surface area contributed by atoms with E-state index in [-0.39, 0.29) is 0 Å². The average Bonchev–Trinajstić information content (AvgIpc) is 2.18. The second-order valence-electron chi connectivity index (χ2n) is 3.35. The Balaban J connectivity index is 2.05. The third-order valence-electron chi connectivity index (χ3n) is 1.66. The summed E-state index contributed by atoms with van der Waals surface area (Å²) in [4.78, 5) is 7.92. The maximum atomic E-state index is 5.37. The molecule has 14 heavy (non-hydrogen) atoms. The van der Waals surface area contributed by atoms with Gasteiger partial charge in [-0.3, -0.25) is 4.98 Å². The van der Waals surface area contributed by atoms with Crippen LogP contribution in [-0.2, 0) is 0 Å². The molecule has 1 heterocycles. The Morgan fingerprint density at radius 1 is 1.43 bits per heavy atom. The van der Waals surface area contributed by atoms with Crippen LogP contribution in [0.3, 0.4) is 0 Å². The fourth-order valence-electron chi connectivity index (χ4n) is 1.000. The van der Waals surface area contributed by atoms with E-state index < -0.39 is 0 Å². The van der Waals surface area contributed by atoms with Gasteiger partial charge in [-0.1, -0.05) is 13.8 Å². The van der Waals surface area contributed by atoms with Crippen molar-refractivity contribution >= 4 is 0 Å². The van der Waals surface area contributed by atoms with E-state index in [1.54, 1.807) is 18.6 Å². The van der Waals surface area contributed by atoms with E-state index in [1.165, 1.54) is 0 Å². The third kappa shape index (κ3) is 4.77. The van der Waals surface area contributed by atoms with Gasteiger partial charge in [-0.25, -0.2) is 4.98 Å². The van der Waals surface area contributed by atoms with Gasteiger partial charge in [-0.15, -0.1) is 0 Å². The smallest absolute Gasteiger partial charge is 0.232 e. The van der Waals surface area contributed by atoms with Crippen molar-refractivity contribution < 1.29 is 4.74 Å². The summed E-state index contributed by atoms with van der Waals surface area (Å²) in [6, 6.07) is 0.534. The predicted octanol–water partition coefficient (Wildman–Crippen LogP) is 1.24. The Bertz CT molecular complexity index is 238. The van der Waals surface area contributed by atoms with E-state index in [0.717, 1.165) is 13.0 Å². The molecule has 0 saturated heterocycles. The van der Waals surface area contributed by atoms with Crippen LogP contribution in [0.2, 0.25) is 0 Å². The highest BCUT2D eigenvalue weighted by atomic mass is 16.5. The van der Waals surface area contributed by atoms with Crippen LogP contribution in [0.4, 0.5) is 0 Å². The summed E-state index contributed by atoms with van der Waals surface area (Å²) in [5, 5.41) is 3.32. The van der Waals surface area contributed by atoms with Crippen LogP contribution in [-0.4, -0.2) is 29.2 Å². The number of nitrogens with one attached hydrogen (secondary N) is 1. The molecule has 1 N–H and O–H groups in total. The molecule has 0 saturated carbocycles. The minimum Gasteiger partial charge on any atom is -0.477 e. The molecule has 0 radical (unpaired) electrons. The number of ether oxygens (including phenoxy) is 1. The Morgan fingerprint density at radius 3 is 2.93 bits per heavy atom. The van der Waals surface area contributed by atoms with Crippen molar-refractivity contribution in [3.05, 3.63) is 18.6 Å². The van der Waals surface area contributed by atoms with Gasteiger partial charge >= 0.3 is 0 Å². The van der Waals surface area contributed by atoms with Gasteiger partial charge in [-0.2, -0.15) is 0 Å². The van der Waals surface area contributed by atoms with Crippen molar-refractivity contribution in [3.8, 4) is 5.88 Å². The number of hydrogen-bond donors (Lipinski definition) is 1. The van der Waals surface area contributed by atoms with Gasteiger partial charge < -0.3 is 10.1 Å². The quantitative estimate of drug-likeness (QED) is 0.694. The minimum absolute atomic E-state index is 0.534. The fourth-order valence-corrected chi connectivity index (χ4v) is 1.000. The zero-order valence-electron chi connectivity index (χ0n) is 8.73. The number of rotatable bonds is 6. The Kier molecular flexibility index (Phi) is 4.93. The van der Waals surface area contributed by atoms with Gasteiger partial charge in [0.1, 0.15) is 0 Å². The van der Waals surface area contributed by atoms with E-state index in [1.807, 2.05) is 0 Å². The molecule has 0 aliphatic heterocycles. The maximum Gasteiger partial charge on any atom is 0.232 e. The van der Waals surface area contributed by atoms with Crippen LogP contribution < -0.4 is 10.1 Å². The average molecular weight is 195 g/mol. The molecule has 78 valence electrons. The molecule has 0 amide bonds. The van der Waals surface area contributed by atoms with Crippen molar-refractivity contribution in [1.29, 1.82) is 0 Å². The fraction of sp³-hybridized carbons (Fsp3) is 0.600. The first-order valence-corrected chi connectivity index (χ1v) is 4.91. The monoisotopic (exact) mass is 195 g/mol. The number of nitrogens with zero attached hydrogens (tertiary/aromatic N) is 2. The molecule has 4 nitrogen and oxygen atoms in total. The number of aromatic nitrogens is 2. The molecule has 0 aliphatic rings. The van der Waals surface area contributed by atoms with Crippen molar-refractivity contribution in [3.63, 3.8) is 0 Å². The molecule has 0 spiro atoms. The molecule has 0 atom stereocenters. The zero-order chi connectivity index (χ0) is 10.2. The van der Waals surface area contributed by atoms with E-state index in [9.17, 15) is 0 Å². The van der Waals surface area contributed by atoms with Crippen LogP contribution in [0.25, 0.3) is 0 Å². The van der Waals surface area contributed by atoms with E-state index in [4.69, 9.17) is 4.74 Å². The minimum atomic E-state index is 0.534. The SMILES string of the molecule is CC(C)NCCCOc1cnccn1. The normalized spacial score (nSPS) is 10.5. The maximum absolute atomic E-state index is 5.37. The topological polar surface area (TPSA) is 47.0 Å². The lowest BCUT2D eigenvalue weighted by molar-refractivity contribution is 0.294. The molecule has 0 fully saturated rings. The van der Waals surface area contributed by atoms with Crippen molar-refractivity contribution in [1.82, 2.24) is 15.3 Å². The molecule has 1 aromatic heterocycles. The van der Waals surface area contributed by atoms with E-state index in [2.05, 4.69) is 29.1 Å². The Labute approximate surface area is 84.7 Å². The molecular weight excluding hydrogens is 178 g/mol. The predicted molar refractivity (Wildman–Crippen MR) is 55.3 cm³/mol. The summed E-state index contributed by atoms with van der Waals surface area (Å²) < 4.78 is 5.37. The van der Waals surface area contributed by atoms with Crippen molar-refractivity contribution in [2.24, 2.45) is 0 Å². The summed E-state index contributed by atoms with van der Waals surface area (Å²) in [5.41, 5.74) is 0. The van der Waals surface area contributed by atoms with Crippen LogP contribution in [0.5, 0.6) is 5.88 Å². The van der Waals surface area contributed by atoms with E-state index >= 15 is 0 Å². The summed E-state index contributed by atoms with van der Waals surface area (Å²) in [6.07, 6.45) is 5.86. The zero-order valence-corrected chi connectivity index (χ0v) is 8.73. The lowest BCUT2D eigenvalue weighted by atomic mass is 10.3. The lowest BCUT2D eigenvalue weighted by Gasteiger charge is -2.08. The molecule has 1 aromatic rings. The van der Waals surface area contributed by atoms with Crippen molar-refractivity contribution in [2.45, 2.75) is 26.3 Å². The summed E-state index contributed by atoms with van der Waals surface area (Å²) in [6.45, 7) is 5.91. The van der Waals surface area contributed by atoms with Gasteiger partial charge in [0, 0.05) is 18.4 Å². The summed E-state index contributed by atoms with van der Waals surface area (Å²) >= 11 is 0. The van der Waals surface area contributed by atoms with Crippen molar-refractivity contribution in [2.75, 3.05) is 13.2 Å². The van der Waals surface area contributed by atoms with Crippen LogP contribution in [0, 0.1) is 0 Å². The van der Waals surface area contributed by atoms with E-state index in [0.29, 0.717) is 18.5 Å². The first-order valence-electron chi connectivity index (χ1n) is 4.91. The Hall–Kier alpha value is -1.16. The van der Waals surface area contributed by atoms with Crippen LogP contribution in [0.1, 0.15) is 20.3 Å². The van der Waals surface area contributed by atoms with Gasteiger partial charge in [-0.05, 0) is 13.0 Å². The highest BCUT2D eigenvalue weighted by Crippen LogP contribution is 2.00. The lowest BCUT2D eigenvalue weighted by Crippen LogP contribution is -2.24. The van der Waals surface area contributed by atoms with Gasteiger partial charge in [0.25, 0.3) is 0 Å². The molecular formula is C10H17N3O. The van der Waals surface area contributed by atoms with Gasteiger partial charge in [0.15, 0.2) is 0 Å². The largest absolute Gasteiger partial charge is 0.477 e. The molecule has 4 heteroatoms. The molecule has 1 rings (SSSR count). The highest BCUT2D eigenvalue weighted by Gasteiger charge is 1.94. The molecule has 0 aliphatic carbocycles. The molecule has 0 unspecified atom stereocenters.